The molecule has 4 heteroatoms. The molecule has 0 aliphatic heterocycles. The normalized spacial score (nSPS) is 13.9. The van der Waals surface area contributed by atoms with Gasteiger partial charge in [-0.3, -0.25) is 4.79 Å². The van der Waals surface area contributed by atoms with Crippen LogP contribution in [-0.2, 0) is 12.8 Å². The molecule has 0 bridgehead atoms. The van der Waals surface area contributed by atoms with E-state index in [1.807, 2.05) is 24.3 Å². The molecule has 0 fully saturated rings. The Kier molecular flexibility index (Phi) is 3.07. The van der Waals surface area contributed by atoms with E-state index in [1.165, 1.54) is 0 Å². The number of aryl methyl sites for hydroxylation is 1. The van der Waals surface area contributed by atoms with Crippen LogP contribution in [-0.4, -0.2) is 17.1 Å². The summed E-state index contributed by atoms with van der Waals surface area (Å²) in [5.41, 5.74) is 2.69. The summed E-state index contributed by atoms with van der Waals surface area (Å²) < 4.78 is 5.20. The van der Waals surface area contributed by atoms with Gasteiger partial charge in [-0.25, -0.2) is 4.98 Å². The van der Waals surface area contributed by atoms with Gasteiger partial charge in [0.1, 0.15) is 11.6 Å². The molecule has 1 aliphatic rings. The highest BCUT2D eigenvalue weighted by Crippen LogP contribution is 2.22. The number of nitrogens with zero attached hydrogens (tertiary/aromatic N) is 1. The minimum absolute atomic E-state index is 0.00233. The largest absolute Gasteiger partial charge is 0.497 e. The van der Waals surface area contributed by atoms with Gasteiger partial charge >= 0.3 is 0 Å². The van der Waals surface area contributed by atoms with Crippen molar-refractivity contribution in [2.45, 2.75) is 25.7 Å². The molecule has 1 aliphatic carbocycles. The van der Waals surface area contributed by atoms with E-state index in [-0.39, 0.29) is 5.56 Å². The first-order chi connectivity index (χ1) is 9.28. The molecule has 1 aromatic carbocycles. The molecular formula is C15H16N2O2. The van der Waals surface area contributed by atoms with Crippen LogP contribution in [0.5, 0.6) is 5.75 Å². The van der Waals surface area contributed by atoms with Gasteiger partial charge in [0, 0.05) is 11.1 Å². The molecule has 4 nitrogen and oxygen atoms in total. The number of methoxy groups -OCH3 is 1. The minimum atomic E-state index is 0.00233. The van der Waals surface area contributed by atoms with E-state index >= 15 is 0 Å². The Hall–Kier alpha value is -2.10. The van der Waals surface area contributed by atoms with Gasteiger partial charge in [0.25, 0.3) is 5.56 Å². The number of fused-ring (bicyclic) bond motifs is 1. The van der Waals surface area contributed by atoms with E-state index in [1.54, 1.807) is 7.11 Å². The smallest absolute Gasteiger partial charge is 0.254 e. The highest BCUT2D eigenvalue weighted by molar-refractivity contribution is 5.57. The first kappa shape index (κ1) is 12.0. The van der Waals surface area contributed by atoms with Crippen molar-refractivity contribution in [3.05, 3.63) is 45.9 Å². The minimum Gasteiger partial charge on any atom is -0.497 e. The predicted octanol–water partition coefficient (Wildman–Crippen LogP) is 2.32. The van der Waals surface area contributed by atoms with Crippen molar-refractivity contribution in [1.29, 1.82) is 0 Å². The zero-order chi connectivity index (χ0) is 13.2. The number of H-pyrrole nitrogens is 1. The van der Waals surface area contributed by atoms with Crippen molar-refractivity contribution in [2.24, 2.45) is 0 Å². The molecule has 3 rings (SSSR count). The lowest BCUT2D eigenvalue weighted by Gasteiger charge is -2.14. The molecule has 1 aromatic heterocycles. The Balaban J connectivity index is 2.10. The summed E-state index contributed by atoms with van der Waals surface area (Å²) in [6.07, 6.45) is 3.93. The van der Waals surface area contributed by atoms with Crippen molar-refractivity contribution >= 4 is 0 Å². The van der Waals surface area contributed by atoms with Gasteiger partial charge in [-0.2, -0.15) is 0 Å². The number of rotatable bonds is 2. The molecule has 0 saturated heterocycles. The fourth-order valence-corrected chi connectivity index (χ4v) is 2.51. The van der Waals surface area contributed by atoms with Crippen LogP contribution in [0.2, 0.25) is 0 Å². The highest BCUT2D eigenvalue weighted by Gasteiger charge is 2.16. The summed E-state index contributed by atoms with van der Waals surface area (Å²) in [5, 5.41) is 0. The molecule has 1 heterocycles. The summed E-state index contributed by atoms with van der Waals surface area (Å²) >= 11 is 0. The van der Waals surface area contributed by atoms with Crippen LogP contribution in [0.3, 0.4) is 0 Å². The van der Waals surface area contributed by atoms with Crippen LogP contribution < -0.4 is 10.3 Å². The Labute approximate surface area is 111 Å². The van der Waals surface area contributed by atoms with Crippen LogP contribution in [0.25, 0.3) is 11.4 Å². The van der Waals surface area contributed by atoms with E-state index in [2.05, 4.69) is 9.97 Å². The maximum absolute atomic E-state index is 12.1. The number of hydrogen-bond acceptors (Lipinski definition) is 3. The number of aromatic amines is 1. The van der Waals surface area contributed by atoms with Crippen molar-refractivity contribution in [3.8, 4) is 17.1 Å². The second kappa shape index (κ2) is 4.88. The molecule has 19 heavy (non-hydrogen) atoms. The number of aromatic nitrogens is 2. The van der Waals surface area contributed by atoms with Gasteiger partial charge in [0.05, 0.1) is 12.8 Å². The maximum Gasteiger partial charge on any atom is 0.254 e. The molecule has 0 radical (unpaired) electrons. The van der Waals surface area contributed by atoms with Crippen LogP contribution in [0.15, 0.2) is 29.1 Å². The molecule has 98 valence electrons. The third kappa shape index (κ3) is 2.26. The number of benzene rings is 1. The van der Waals surface area contributed by atoms with Gasteiger partial charge in [-0.15, -0.1) is 0 Å². The topological polar surface area (TPSA) is 55.0 Å². The molecule has 0 spiro atoms. The summed E-state index contributed by atoms with van der Waals surface area (Å²) in [6.45, 7) is 0. The van der Waals surface area contributed by atoms with Crippen LogP contribution in [0.1, 0.15) is 24.1 Å². The number of nitrogens with one attached hydrogen (secondary N) is 1. The van der Waals surface area contributed by atoms with Gasteiger partial charge in [0.2, 0.25) is 0 Å². The first-order valence-corrected chi connectivity index (χ1v) is 6.54. The van der Waals surface area contributed by atoms with Gasteiger partial charge < -0.3 is 9.72 Å². The third-order valence-corrected chi connectivity index (χ3v) is 3.53. The van der Waals surface area contributed by atoms with Crippen molar-refractivity contribution in [1.82, 2.24) is 9.97 Å². The fraction of sp³-hybridized carbons (Fsp3) is 0.333. The molecule has 1 N–H and O–H groups in total. The Morgan fingerprint density at radius 1 is 1.26 bits per heavy atom. The quantitative estimate of drug-likeness (QED) is 0.897. The predicted molar refractivity (Wildman–Crippen MR) is 73.5 cm³/mol. The lowest BCUT2D eigenvalue weighted by molar-refractivity contribution is 0.415. The number of ether oxygens (including phenoxy) is 1. The molecule has 0 amide bonds. The summed E-state index contributed by atoms with van der Waals surface area (Å²) in [7, 11) is 1.63. The second-order valence-electron chi connectivity index (χ2n) is 4.78. The lowest BCUT2D eigenvalue weighted by Crippen LogP contribution is -2.21. The molecule has 0 unspecified atom stereocenters. The Bertz CT molecular complexity index is 661. The average Bonchev–Trinajstić information content (AvgIpc) is 2.47. The van der Waals surface area contributed by atoms with Gasteiger partial charge in [0.15, 0.2) is 0 Å². The average molecular weight is 256 g/mol. The lowest BCUT2D eigenvalue weighted by atomic mass is 9.97. The standard InChI is InChI=1S/C15H16N2O2/c1-19-11-6-4-5-10(9-11)14-16-13-8-3-2-7-12(13)15(18)17-14/h4-6,9H,2-3,7-8H2,1H3,(H,16,17,18). The van der Waals surface area contributed by atoms with Gasteiger partial charge in [-0.1, -0.05) is 12.1 Å². The summed E-state index contributed by atoms with van der Waals surface area (Å²) in [6, 6.07) is 7.58. The molecule has 0 saturated carbocycles. The first-order valence-electron chi connectivity index (χ1n) is 6.54. The molecule has 0 atom stereocenters. The monoisotopic (exact) mass is 256 g/mol. The Morgan fingerprint density at radius 3 is 2.95 bits per heavy atom. The third-order valence-electron chi connectivity index (χ3n) is 3.53. The van der Waals surface area contributed by atoms with E-state index in [9.17, 15) is 4.79 Å². The number of hydrogen-bond donors (Lipinski definition) is 1. The van der Waals surface area contributed by atoms with E-state index in [4.69, 9.17) is 4.74 Å². The van der Waals surface area contributed by atoms with Crippen molar-refractivity contribution in [2.75, 3.05) is 7.11 Å². The van der Waals surface area contributed by atoms with E-state index < -0.39 is 0 Å². The van der Waals surface area contributed by atoms with E-state index in [0.29, 0.717) is 5.82 Å². The van der Waals surface area contributed by atoms with Crippen LogP contribution >= 0.6 is 0 Å². The fourth-order valence-electron chi connectivity index (χ4n) is 2.51. The van der Waals surface area contributed by atoms with Gasteiger partial charge in [-0.05, 0) is 37.8 Å². The summed E-state index contributed by atoms with van der Waals surface area (Å²) in [4.78, 5) is 19.6. The molecule has 2 aromatic rings. The van der Waals surface area contributed by atoms with Crippen LogP contribution in [0.4, 0.5) is 0 Å². The van der Waals surface area contributed by atoms with Crippen molar-refractivity contribution in [3.63, 3.8) is 0 Å². The maximum atomic E-state index is 12.1. The van der Waals surface area contributed by atoms with Crippen LogP contribution in [0, 0.1) is 0 Å². The SMILES string of the molecule is COc1cccc(-c2nc3c(c(=O)[nH]2)CCCC3)c1. The zero-order valence-corrected chi connectivity index (χ0v) is 10.9. The van der Waals surface area contributed by atoms with Crippen molar-refractivity contribution < 1.29 is 4.74 Å². The zero-order valence-electron chi connectivity index (χ0n) is 10.9. The second-order valence-corrected chi connectivity index (χ2v) is 4.78. The highest BCUT2D eigenvalue weighted by atomic mass is 16.5. The van der Waals surface area contributed by atoms with E-state index in [0.717, 1.165) is 48.3 Å². The Morgan fingerprint density at radius 2 is 2.11 bits per heavy atom. The summed E-state index contributed by atoms with van der Waals surface area (Å²) in [5.74, 6) is 1.39. The molecular weight excluding hydrogens is 240 g/mol.